The highest BCUT2D eigenvalue weighted by atomic mass is 16.2. The van der Waals surface area contributed by atoms with E-state index in [-0.39, 0.29) is 18.4 Å². The Morgan fingerprint density at radius 3 is 2.92 bits per heavy atom. The van der Waals surface area contributed by atoms with Crippen LogP contribution in [0.5, 0.6) is 0 Å². The minimum atomic E-state index is -0.849. The van der Waals surface area contributed by atoms with Gasteiger partial charge in [0, 0.05) is 0 Å². The average Bonchev–Trinajstić information content (AvgIpc) is 2.78. The molecule has 1 aliphatic heterocycles. The molecule has 2 heterocycles. The topological polar surface area (TPSA) is 117 Å². The third kappa shape index (κ3) is 2.79. The van der Waals surface area contributed by atoms with E-state index in [1.165, 1.54) is 6.20 Å². The van der Waals surface area contributed by atoms with Crippen molar-refractivity contribution in [3.8, 4) is 0 Å². The first-order chi connectivity index (χ1) is 11.4. The number of rotatable bonds is 3. The lowest BCUT2D eigenvalue weighted by atomic mass is 9.73. The van der Waals surface area contributed by atoms with E-state index in [1.54, 1.807) is 12.1 Å². The van der Waals surface area contributed by atoms with Crippen LogP contribution in [0.3, 0.4) is 0 Å². The van der Waals surface area contributed by atoms with Crippen LogP contribution >= 0.6 is 0 Å². The molecule has 0 aromatic carbocycles. The highest BCUT2D eigenvalue weighted by molar-refractivity contribution is 6.10. The molecule has 2 unspecified atom stereocenters. The summed E-state index contributed by atoms with van der Waals surface area (Å²) in [6.07, 6.45) is 4.88. The summed E-state index contributed by atoms with van der Waals surface area (Å²) in [4.78, 5) is 42.0. The Bertz CT molecular complexity index is 675. The SMILES string of the molecule is CC1CCCCC12NC(=O)N(CC(=O)Nc1ccc(N)nc1)C2=O. The van der Waals surface area contributed by atoms with Gasteiger partial charge in [-0.25, -0.2) is 9.78 Å². The van der Waals surface area contributed by atoms with Crippen LogP contribution in [-0.2, 0) is 9.59 Å². The Labute approximate surface area is 139 Å². The summed E-state index contributed by atoms with van der Waals surface area (Å²) in [5, 5.41) is 5.43. The standard InChI is InChI=1S/C16H21N5O3/c1-10-4-2-3-7-16(10)14(23)21(15(24)20-16)9-13(22)19-11-5-6-12(17)18-8-11/h5-6,8,10H,2-4,7,9H2,1H3,(H2,17,18)(H,19,22)(H,20,24). The van der Waals surface area contributed by atoms with Gasteiger partial charge < -0.3 is 16.4 Å². The van der Waals surface area contributed by atoms with Crippen molar-refractivity contribution < 1.29 is 14.4 Å². The van der Waals surface area contributed by atoms with Crippen LogP contribution in [0.4, 0.5) is 16.3 Å². The number of hydrogen-bond acceptors (Lipinski definition) is 5. The van der Waals surface area contributed by atoms with E-state index in [0.29, 0.717) is 17.9 Å². The molecule has 4 N–H and O–H groups in total. The van der Waals surface area contributed by atoms with Crippen molar-refractivity contribution in [1.29, 1.82) is 0 Å². The van der Waals surface area contributed by atoms with Crippen LogP contribution in [0, 0.1) is 5.92 Å². The molecule has 1 saturated heterocycles. The molecule has 3 rings (SSSR count). The van der Waals surface area contributed by atoms with Crippen LogP contribution in [-0.4, -0.2) is 39.8 Å². The highest BCUT2D eigenvalue weighted by Crippen LogP contribution is 2.38. The maximum Gasteiger partial charge on any atom is 0.325 e. The zero-order chi connectivity index (χ0) is 17.3. The third-order valence-electron chi connectivity index (χ3n) is 4.87. The van der Waals surface area contributed by atoms with Crippen LogP contribution in [0.1, 0.15) is 32.6 Å². The largest absolute Gasteiger partial charge is 0.384 e. The van der Waals surface area contributed by atoms with Gasteiger partial charge in [0.05, 0.1) is 11.9 Å². The predicted octanol–water partition coefficient (Wildman–Crippen LogP) is 1.10. The van der Waals surface area contributed by atoms with E-state index in [2.05, 4.69) is 15.6 Å². The van der Waals surface area contributed by atoms with Gasteiger partial charge >= 0.3 is 6.03 Å². The Hall–Kier alpha value is -2.64. The quantitative estimate of drug-likeness (QED) is 0.717. The van der Waals surface area contributed by atoms with Gasteiger partial charge in [-0.3, -0.25) is 14.5 Å². The smallest absolute Gasteiger partial charge is 0.325 e. The number of nitrogens with zero attached hydrogens (tertiary/aromatic N) is 2. The summed E-state index contributed by atoms with van der Waals surface area (Å²) in [5.74, 6) is -0.344. The van der Waals surface area contributed by atoms with Crippen LogP contribution < -0.4 is 16.4 Å². The lowest BCUT2D eigenvalue weighted by molar-refractivity contribution is -0.136. The van der Waals surface area contributed by atoms with Crippen molar-refractivity contribution in [2.45, 2.75) is 38.1 Å². The first-order valence-corrected chi connectivity index (χ1v) is 8.08. The molecule has 2 atom stereocenters. The van der Waals surface area contributed by atoms with E-state index >= 15 is 0 Å². The minimum Gasteiger partial charge on any atom is -0.384 e. The molecule has 1 saturated carbocycles. The maximum absolute atomic E-state index is 12.8. The monoisotopic (exact) mass is 331 g/mol. The Morgan fingerprint density at radius 1 is 1.46 bits per heavy atom. The van der Waals surface area contributed by atoms with Crippen LogP contribution in [0.15, 0.2) is 18.3 Å². The van der Waals surface area contributed by atoms with Crippen molar-refractivity contribution >= 4 is 29.4 Å². The molecule has 2 fully saturated rings. The fourth-order valence-corrected chi connectivity index (χ4v) is 3.46. The molecule has 0 bridgehead atoms. The zero-order valence-corrected chi connectivity index (χ0v) is 13.5. The Morgan fingerprint density at radius 2 is 2.25 bits per heavy atom. The molecule has 4 amide bonds. The highest BCUT2D eigenvalue weighted by Gasteiger charge is 2.55. The van der Waals surface area contributed by atoms with Crippen LogP contribution in [0.2, 0.25) is 0 Å². The lowest BCUT2D eigenvalue weighted by Crippen LogP contribution is -2.54. The predicted molar refractivity (Wildman–Crippen MR) is 87.9 cm³/mol. The van der Waals surface area contributed by atoms with E-state index in [1.807, 2.05) is 6.92 Å². The molecule has 24 heavy (non-hydrogen) atoms. The number of carbonyl (C=O) groups is 3. The second kappa shape index (κ2) is 6.10. The van der Waals surface area contributed by atoms with E-state index in [4.69, 9.17) is 5.73 Å². The van der Waals surface area contributed by atoms with E-state index < -0.39 is 17.5 Å². The number of aromatic nitrogens is 1. The Kier molecular flexibility index (Phi) is 4.13. The third-order valence-corrected chi connectivity index (χ3v) is 4.87. The average molecular weight is 331 g/mol. The van der Waals surface area contributed by atoms with E-state index in [0.717, 1.165) is 24.2 Å². The molecule has 8 heteroatoms. The molecular formula is C16H21N5O3. The zero-order valence-electron chi connectivity index (χ0n) is 13.5. The van der Waals surface area contributed by atoms with Gasteiger partial charge in [0.1, 0.15) is 17.9 Å². The normalized spacial score (nSPS) is 26.5. The van der Waals surface area contributed by atoms with Crippen molar-refractivity contribution in [1.82, 2.24) is 15.2 Å². The van der Waals surface area contributed by atoms with Gasteiger partial charge in [-0.15, -0.1) is 0 Å². The molecule has 2 aliphatic rings. The van der Waals surface area contributed by atoms with Crippen molar-refractivity contribution in [2.75, 3.05) is 17.6 Å². The number of urea groups is 1. The van der Waals surface area contributed by atoms with Crippen molar-refractivity contribution in [3.63, 3.8) is 0 Å². The molecular weight excluding hydrogens is 310 g/mol. The number of anilines is 2. The number of pyridine rings is 1. The Balaban J connectivity index is 1.68. The number of hydrogen-bond donors (Lipinski definition) is 3. The minimum absolute atomic E-state index is 0.0667. The number of nitrogens with one attached hydrogen (secondary N) is 2. The summed E-state index contributed by atoms with van der Waals surface area (Å²) in [7, 11) is 0. The summed E-state index contributed by atoms with van der Waals surface area (Å²) in [6, 6.07) is 2.66. The van der Waals surface area contributed by atoms with Gasteiger partial charge in [-0.1, -0.05) is 19.8 Å². The van der Waals surface area contributed by atoms with Gasteiger partial charge in [-0.05, 0) is 30.9 Å². The number of nitrogen functional groups attached to an aromatic ring is 1. The summed E-state index contributed by atoms with van der Waals surface area (Å²) < 4.78 is 0. The van der Waals surface area contributed by atoms with Gasteiger partial charge in [0.25, 0.3) is 5.91 Å². The van der Waals surface area contributed by atoms with Gasteiger partial charge in [0.2, 0.25) is 5.91 Å². The second-order valence-corrected chi connectivity index (χ2v) is 6.46. The molecule has 1 aliphatic carbocycles. The van der Waals surface area contributed by atoms with Gasteiger partial charge in [0.15, 0.2) is 0 Å². The summed E-state index contributed by atoms with van der Waals surface area (Å²) >= 11 is 0. The maximum atomic E-state index is 12.8. The fraction of sp³-hybridized carbons (Fsp3) is 0.500. The summed E-state index contributed by atoms with van der Waals surface area (Å²) in [6.45, 7) is 1.66. The molecule has 1 spiro atoms. The molecule has 1 aromatic heterocycles. The number of amides is 4. The number of nitrogens with two attached hydrogens (primary N) is 1. The first kappa shape index (κ1) is 16.2. The summed E-state index contributed by atoms with van der Waals surface area (Å²) in [5.41, 5.74) is 5.10. The number of carbonyl (C=O) groups excluding carboxylic acids is 3. The van der Waals surface area contributed by atoms with E-state index in [9.17, 15) is 14.4 Å². The van der Waals surface area contributed by atoms with Crippen molar-refractivity contribution in [2.24, 2.45) is 5.92 Å². The number of imide groups is 1. The second-order valence-electron chi connectivity index (χ2n) is 6.46. The lowest BCUT2D eigenvalue weighted by Gasteiger charge is -2.36. The first-order valence-electron chi connectivity index (χ1n) is 8.08. The molecule has 128 valence electrons. The fourth-order valence-electron chi connectivity index (χ4n) is 3.46. The molecule has 8 nitrogen and oxygen atoms in total. The van der Waals surface area contributed by atoms with Crippen LogP contribution in [0.25, 0.3) is 0 Å². The molecule has 1 aromatic rings. The van der Waals surface area contributed by atoms with Gasteiger partial charge in [-0.2, -0.15) is 0 Å². The molecule has 0 radical (unpaired) electrons. The van der Waals surface area contributed by atoms with Crippen molar-refractivity contribution in [3.05, 3.63) is 18.3 Å².